The molecule has 0 saturated carbocycles. The molecule has 3 N–H and O–H groups in total. The van der Waals surface area contributed by atoms with Crippen molar-refractivity contribution in [3.63, 3.8) is 0 Å². The van der Waals surface area contributed by atoms with Crippen molar-refractivity contribution in [3.05, 3.63) is 0 Å². The molecule has 0 radical (unpaired) electrons. The van der Waals surface area contributed by atoms with E-state index in [-0.39, 0.29) is 30.3 Å². The second-order valence-corrected chi connectivity index (χ2v) is 3.42. The van der Waals surface area contributed by atoms with Crippen LogP contribution in [-0.4, -0.2) is 37.2 Å². The van der Waals surface area contributed by atoms with E-state index < -0.39 is 6.04 Å². The average Bonchev–Trinajstić information content (AvgIpc) is 2.21. The van der Waals surface area contributed by atoms with Crippen molar-refractivity contribution in [1.29, 1.82) is 0 Å². The van der Waals surface area contributed by atoms with E-state index >= 15 is 0 Å². The molecule has 1 unspecified atom stereocenters. The first-order valence-corrected chi connectivity index (χ1v) is 5.01. The van der Waals surface area contributed by atoms with Crippen LogP contribution in [0.4, 0.5) is 0 Å². The Balaban J connectivity index is 3.66. The van der Waals surface area contributed by atoms with Crippen molar-refractivity contribution < 1.29 is 14.4 Å². The SMILES string of the molecule is CBC(=O)CNC(=O)CCC(N)C(C)=O. The van der Waals surface area contributed by atoms with Crippen molar-refractivity contribution in [2.24, 2.45) is 5.73 Å². The summed E-state index contributed by atoms with van der Waals surface area (Å²) < 4.78 is 0. The highest BCUT2D eigenvalue weighted by Gasteiger charge is 2.11. The van der Waals surface area contributed by atoms with E-state index in [0.29, 0.717) is 13.7 Å². The summed E-state index contributed by atoms with van der Waals surface area (Å²) in [6.07, 6.45) is 0.499. The molecule has 0 aliphatic rings. The van der Waals surface area contributed by atoms with Crippen LogP contribution in [-0.2, 0) is 14.4 Å². The third kappa shape index (κ3) is 6.85. The van der Waals surface area contributed by atoms with Crippen molar-refractivity contribution in [2.45, 2.75) is 32.6 Å². The minimum Gasteiger partial charge on any atom is -0.350 e. The molecule has 5 nitrogen and oxygen atoms in total. The molecular weight excluding hydrogens is 195 g/mol. The Labute approximate surface area is 90.0 Å². The summed E-state index contributed by atoms with van der Waals surface area (Å²) in [7, 11) is 0.410. The first kappa shape index (κ1) is 13.8. The molecule has 0 fully saturated rings. The molecule has 0 bridgehead atoms. The fraction of sp³-hybridized carbons (Fsp3) is 0.667. The van der Waals surface area contributed by atoms with Crippen LogP contribution in [0.15, 0.2) is 0 Å². The van der Waals surface area contributed by atoms with Gasteiger partial charge in [0, 0.05) is 6.42 Å². The van der Waals surface area contributed by atoms with E-state index in [1.54, 1.807) is 6.82 Å². The van der Waals surface area contributed by atoms with Crippen LogP contribution in [0.2, 0.25) is 6.82 Å². The Morgan fingerprint density at radius 1 is 1.40 bits per heavy atom. The van der Waals surface area contributed by atoms with E-state index in [0.717, 1.165) is 0 Å². The number of amides is 1. The third-order valence-corrected chi connectivity index (χ3v) is 2.08. The van der Waals surface area contributed by atoms with Gasteiger partial charge >= 0.3 is 0 Å². The molecule has 0 aliphatic carbocycles. The molecule has 0 aromatic rings. The van der Waals surface area contributed by atoms with Gasteiger partial charge in [-0.15, -0.1) is 0 Å². The van der Waals surface area contributed by atoms with Gasteiger partial charge in [-0.1, -0.05) is 6.82 Å². The van der Waals surface area contributed by atoms with E-state index in [2.05, 4.69) is 5.32 Å². The van der Waals surface area contributed by atoms with Crippen molar-refractivity contribution >= 4 is 24.7 Å². The summed E-state index contributed by atoms with van der Waals surface area (Å²) in [6, 6.07) is -0.586. The number of hydrogen-bond donors (Lipinski definition) is 2. The highest BCUT2D eigenvalue weighted by Crippen LogP contribution is 1.95. The van der Waals surface area contributed by atoms with Crippen LogP contribution in [0, 0.1) is 0 Å². The van der Waals surface area contributed by atoms with E-state index in [4.69, 9.17) is 5.73 Å². The molecule has 1 amide bonds. The van der Waals surface area contributed by atoms with E-state index in [9.17, 15) is 14.4 Å². The van der Waals surface area contributed by atoms with Gasteiger partial charge in [0.2, 0.25) is 13.2 Å². The number of Topliss-reactive ketones (excluding diaryl/α,β-unsaturated/α-hetero) is 1. The van der Waals surface area contributed by atoms with Gasteiger partial charge in [-0.05, 0) is 13.3 Å². The molecule has 84 valence electrons. The van der Waals surface area contributed by atoms with Crippen LogP contribution < -0.4 is 11.1 Å². The molecule has 0 aromatic carbocycles. The molecular formula is C9H17BN2O3. The van der Waals surface area contributed by atoms with E-state index in [1.165, 1.54) is 6.92 Å². The lowest BCUT2D eigenvalue weighted by atomic mass is 9.76. The molecule has 0 heterocycles. The number of ketones is 1. The maximum absolute atomic E-state index is 11.2. The number of carbonyl (C=O) groups is 3. The number of carbonyl (C=O) groups excluding carboxylic acids is 3. The summed E-state index contributed by atoms with van der Waals surface area (Å²) in [4.78, 5) is 32.8. The van der Waals surface area contributed by atoms with Crippen molar-refractivity contribution in [3.8, 4) is 0 Å². The first-order chi connectivity index (χ1) is 6.97. The maximum Gasteiger partial charge on any atom is 0.220 e. The van der Waals surface area contributed by atoms with Gasteiger partial charge in [0.25, 0.3) is 0 Å². The Morgan fingerprint density at radius 3 is 2.47 bits per heavy atom. The summed E-state index contributed by atoms with van der Waals surface area (Å²) in [5.41, 5.74) is 5.44. The smallest absolute Gasteiger partial charge is 0.220 e. The Bertz CT molecular complexity index is 256. The van der Waals surface area contributed by atoms with Crippen LogP contribution in [0.25, 0.3) is 0 Å². The van der Waals surface area contributed by atoms with Gasteiger partial charge in [0.15, 0.2) is 0 Å². The fourth-order valence-electron chi connectivity index (χ4n) is 0.900. The standard InChI is InChI=1S/C9H17BN2O3/c1-6(13)7(11)3-4-9(15)12-5-8(14)10-2/h7,10H,3-5,11H2,1-2H3,(H,12,15). The van der Waals surface area contributed by atoms with Crippen LogP contribution in [0.3, 0.4) is 0 Å². The first-order valence-electron chi connectivity index (χ1n) is 5.01. The predicted molar refractivity (Wildman–Crippen MR) is 58.9 cm³/mol. The minimum atomic E-state index is -0.586. The van der Waals surface area contributed by atoms with Gasteiger partial charge in [-0.25, -0.2) is 0 Å². The topological polar surface area (TPSA) is 89.3 Å². The van der Waals surface area contributed by atoms with Crippen LogP contribution >= 0.6 is 0 Å². The second-order valence-electron chi connectivity index (χ2n) is 3.42. The van der Waals surface area contributed by atoms with Gasteiger partial charge < -0.3 is 15.8 Å². The summed E-state index contributed by atoms with van der Waals surface area (Å²) in [6.45, 7) is 3.19. The summed E-state index contributed by atoms with van der Waals surface area (Å²) >= 11 is 0. The molecule has 0 aromatic heterocycles. The molecule has 0 rings (SSSR count). The highest BCUT2D eigenvalue weighted by molar-refractivity contribution is 6.73. The Kier molecular flexibility index (Phi) is 6.61. The van der Waals surface area contributed by atoms with Crippen molar-refractivity contribution in [1.82, 2.24) is 5.32 Å². The maximum atomic E-state index is 11.2. The zero-order valence-electron chi connectivity index (χ0n) is 9.21. The molecule has 0 aliphatic heterocycles. The normalized spacial score (nSPS) is 11.7. The van der Waals surface area contributed by atoms with Crippen molar-refractivity contribution in [2.75, 3.05) is 6.54 Å². The lowest BCUT2D eigenvalue weighted by Crippen LogP contribution is -2.34. The molecule has 6 heteroatoms. The van der Waals surface area contributed by atoms with E-state index in [1.807, 2.05) is 0 Å². The van der Waals surface area contributed by atoms with Crippen LogP contribution in [0.1, 0.15) is 19.8 Å². The quantitative estimate of drug-likeness (QED) is 0.519. The molecule has 0 saturated heterocycles. The number of nitrogens with two attached hydrogens (primary N) is 1. The number of rotatable bonds is 7. The lowest BCUT2D eigenvalue weighted by molar-refractivity contribution is -0.123. The summed E-state index contributed by atoms with van der Waals surface area (Å²) in [5, 5.41) is 2.47. The van der Waals surface area contributed by atoms with Gasteiger partial charge in [0.1, 0.15) is 11.5 Å². The third-order valence-electron chi connectivity index (χ3n) is 2.08. The van der Waals surface area contributed by atoms with Gasteiger partial charge in [0.05, 0.1) is 12.6 Å². The Morgan fingerprint density at radius 2 is 2.00 bits per heavy atom. The minimum absolute atomic E-state index is 0.0146. The van der Waals surface area contributed by atoms with Gasteiger partial charge in [-0.3, -0.25) is 9.59 Å². The molecule has 15 heavy (non-hydrogen) atoms. The average molecular weight is 212 g/mol. The predicted octanol–water partition coefficient (Wildman–Crippen LogP) is -1.19. The van der Waals surface area contributed by atoms with Crippen LogP contribution in [0.5, 0.6) is 0 Å². The second kappa shape index (κ2) is 7.17. The fourth-order valence-corrected chi connectivity index (χ4v) is 0.900. The Hall–Kier alpha value is -1.17. The largest absolute Gasteiger partial charge is 0.350 e. The van der Waals surface area contributed by atoms with Gasteiger partial charge in [-0.2, -0.15) is 0 Å². The monoisotopic (exact) mass is 212 g/mol. The zero-order valence-corrected chi connectivity index (χ0v) is 9.21. The lowest BCUT2D eigenvalue weighted by Gasteiger charge is -2.07. The number of hydrogen-bond acceptors (Lipinski definition) is 4. The zero-order chi connectivity index (χ0) is 11.8. The molecule has 1 atom stereocenters. The number of nitrogens with one attached hydrogen (secondary N) is 1. The summed E-state index contributed by atoms with van der Waals surface area (Å²) in [5.74, 6) is -0.374. The molecule has 0 spiro atoms. The highest BCUT2D eigenvalue weighted by atomic mass is 16.2.